The third kappa shape index (κ3) is 5.82. The van der Waals surface area contributed by atoms with Gasteiger partial charge in [-0.1, -0.05) is 35.3 Å². The number of halogens is 2. The van der Waals surface area contributed by atoms with Crippen molar-refractivity contribution in [2.24, 2.45) is 5.92 Å². The van der Waals surface area contributed by atoms with Crippen LogP contribution >= 0.6 is 23.2 Å². The van der Waals surface area contributed by atoms with Crippen molar-refractivity contribution in [2.45, 2.75) is 12.8 Å². The second-order valence-corrected chi connectivity index (χ2v) is 7.81. The van der Waals surface area contributed by atoms with Crippen molar-refractivity contribution >= 4 is 46.8 Å². The Hall–Kier alpha value is -2.34. The first-order valence-corrected chi connectivity index (χ1v) is 10.2. The molecule has 0 aliphatic carbocycles. The number of amides is 2. The largest absolute Gasteiger partial charge is 0.396 e. The smallest absolute Gasteiger partial charge is 0.253 e. The van der Waals surface area contributed by atoms with Crippen molar-refractivity contribution in [3.8, 4) is 0 Å². The number of nitrogens with one attached hydrogen (secondary N) is 1. The van der Waals surface area contributed by atoms with Crippen LogP contribution < -0.4 is 5.32 Å². The topological polar surface area (TPSA) is 69.6 Å². The molecule has 2 amide bonds. The van der Waals surface area contributed by atoms with E-state index in [2.05, 4.69) is 5.32 Å². The Bertz CT molecular complexity index is 922. The standard InChI is InChI=1S/C22H22Cl2N2O3/c23-19-6-4-15(12-20(19)24)5-7-21(28)25-18-3-1-2-17(13-18)22(29)26-10-8-16(14-27)9-11-26/h1-7,12-13,16,27H,8-11,14H2,(H,25,28). The summed E-state index contributed by atoms with van der Waals surface area (Å²) in [6.45, 7) is 1.43. The molecular weight excluding hydrogens is 411 g/mol. The molecule has 0 saturated carbocycles. The number of nitrogens with zero attached hydrogens (tertiary/aromatic N) is 1. The lowest BCUT2D eigenvalue weighted by Crippen LogP contribution is -2.39. The van der Waals surface area contributed by atoms with Gasteiger partial charge >= 0.3 is 0 Å². The number of hydrogen-bond acceptors (Lipinski definition) is 3. The number of likely N-dealkylation sites (tertiary alicyclic amines) is 1. The quantitative estimate of drug-likeness (QED) is 0.683. The Kier molecular flexibility index (Phi) is 7.31. The molecule has 29 heavy (non-hydrogen) atoms. The van der Waals surface area contributed by atoms with Gasteiger partial charge in [-0.15, -0.1) is 0 Å². The van der Waals surface area contributed by atoms with Crippen molar-refractivity contribution in [3.05, 3.63) is 69.7 Å². The van der Waals surface area contributed by atoms with E-state index in [1.807, 2.05) is 0 Å². The summed E-state index contributed by atoms with van der Waals surface area (Å²) in [7, 11) is 0. The Labute approximate surface area is 179 Å². The third-order valence-electron chi connectivity index (χ3n) is 4.91. The molecule has 0 atom stereocenters. The number of piperidine rings is 1. The van der Waals surface area contributed by atoms with Gasteiger partial charge in [0.2, 0.25) is 5.91 Å². The highest BCUT2D eigenvalue weighted by Gasteiger charge is 2.23. The van der Waals surface area contributed by atoms with Crippen LogP contribution in [0.25, 0.3) is 6.08 Å². The van der Waals surface area contributed by atoms with Gasteiger partial charge in [-0.2, -0.15) is 0 Å². The first kappa shape index (κ1) is 21.4. The molecule has 0 bridgehead atoms. The maximum absolute atomic E-state index is 12.7. The number of carbonyl (C=O) groups excluding carboxylic acids is 2. The van der Waals surface area contributed by atoms with Crippen molar-refractivity contribution in [1.29, 1.82) is 0 Å². The fourth-order valence-electron chi connectivity index (χ4n) is 3.20. The molecule has 1 fully saturated rings. The van der Waals surface area contributed by atoms with Gasteiger partial charge in [0.25, 0.3) is 5.91 Å². The van der Waals surface area contributed by atoms with E-state index >= 15 is 0 Å². The Morgan fingerprint density at radius 1 is 1.10 bits per heavy atom. The molecule has 152 valence electrons. The van der Waals surface area contributed by atoms with E-state index in [0.29, 0.717) is 34.4 Å². The summed E-state index contributed by atoms with van der Waals surface area (Å²) in [5, 5.41) is 12.9. The summed E-state index contributed by atoms with van der Waals surface area (Å²) in [6, 6.07) is 12.0. The summed E-state index contributed by atoms with van der Waals surface area (Å²) in [5.74, 6) is -0.111. The first-order valence-electron chi connectivity index (χ1n) is 9.40. The molecule has 0 radical (unpaired) electrons. The zero-order valence-corrected chi connectivity index (χ0v) is 17.3. The maximum atomic E-state index is 12.7. The van der Waals surface area contributed by atoms with Gasteiger partial charge < -0.3 is 15.3 Å². The van der Waals surface area contributed by atoms with E-state index < -0.39 is 0 Å². The van der Waals surface area contributed by atoms with Crippen LogP contribution in [0.3, 0.4) is 0 Å². The molecule has 0 spiro atoms. The highest BCUT2D eigenvalue weighted by Crippen LogP contribution is 2.23. The second-order valence-electron chi connectivity index (χ2n) is 7.00. The molecule has 2 aromatic carbocycles. The highest BCUT2D eigenvalue weighted by molar-refractivity contribution is 6.42. The number of rotatable bonds is 5. The Morgan fingerprint density at radius 2 is 1.86 bits per heavy atom. The van der Waals surface area contributed by atoms with Gasteiger partial charge in [0.15, 0.2) is 0 Å². The summed E-state index contributed by atoms with van der Waals surface area (Å²) >= 11 is 11.9. The van der Waals surface area contributed by atoms with Crippen LogP contribution in [-0.2, 0) is 4.79 Å². The zero-order chi connectivity index (χ0) is 20.8. The van der Waals surface area contributed by atoms with E-state index in [9.17, 15) is 14.7 Å². The molecule has 1 aliphatic heterocycles. The lowest BCUT2D eigenvalue weighted by molar-refractivity contribution is -0.111. The van der Waals surface area contributed by atoms with Gasteiger partial charge in [0, 0.05) is 37.0 Å². The predicted molar refractivity (Wildman–Crippen MR) is 116 cm³/mol. The fourth-order valence-corrected chi connectivity index (χ4v) is 3.51. The van der Waals surface area contributed by atoms with Crippen molar-refractivity contribution < 1.29 is 14.7 Å². The number of benzene rings is 2. The summed E-state index contributed by atoms with van der Waals surface area (Å²) < 4.78 is 0. The number of hydrogen-bond donors (Lipinski definition) is 2. The molecule has 7 heteroatoms. The van der Waals surface area contributed by atoms with Crippen LogP contribution in [0.1, 0.15) is 28.8 Å². The Balaban J connectivity index is 1.61. The second kappa shape index (κ2) is 9.92. The van der Waals surface area contributed by atoms with Crippen LogP contribution in [0.4, 0.5) is 5.69 Å². The molecule has 0 aromatic heterocycles. The lowest BCUT2D eigenvalue weighted by Gasteiger charge is -2.31. The monoisotopic (exact) mass is 432 g/mol. The van der Waals surface area contributed by atoms with E-state index in [0.717, 1.165) is 18.4 Å². The maximum Gasteiger partial charge on any atom is 0.253 e. The predicted octanol–water partition coefficient (Wildman–Crippen LogP) is 4.49. The molecule has 0 unspecified atom stereocenters. The summed E-state index contributed by atoms with van der Waals surface area (Å²) in [5.41, 5.74) is 1.83. The van der Waals surface area contributed by atoms with E-state index in [1.54, 1.807) is 53.4 Å². The normalized spacial score (nSPS) is 14.9. The number of carbonyl (C=O) groups is 2. The number of aliphatic hydroxyl groups excluding tert-OH is 1. The minimum Gasteiger partial charge on any atom is -0.396 e. The molecule has 3 rings (SSSR count). The van der Waals surface area contributed by atoms with Crippen LogP contribution in [-0.4, -0.2) is 41.5 Å². The zero-order valence-electron chi connectivity index (χ0n) is 15.8. The fraction of sp³-hybridized carbons (Fsp3) is 0.273. The van der Waals surface area contributed by atoms with Gasteiger partial charge in [0.1, 0.15) is 0 Å². The van der Waals surface area contributed by atoms with Crippen molar-refractivity contribution in [1.82, 2.24) is 4.90 Å². The molecule has 2 N–H and O–H groups in total. The first-order chi connectivity index (χ1) is 14.0. The van der Waals surface area contributed by atoms with E-state index in [1.165, 1.54) is 6.08 Å². The lowest BCUT2D eigenvalue weighted by atomic mass is 9.97. The summed E-state index contributed by atoms with van der Waals surface area (Å²) in [6.07, 6.45) is 4.64. The molecular formula is C22H22Cl2N2O3. The minimum absolute atomic E-state index is 0.0659. The molecule has 1 saturated heterocycles. The van der Waals surface area contributed by atoms with Crippen molar-refractivity contribution in [2.75, 3.05) is 25.0 Å². The SMILES string of the molecule is O=C(C=Cc1ccc(Cl)c(Cl)c1)Nc1cccc(C(=O)N2CCC(CO)CC2)c1. The van der Waals surface area contributed by atoms with Crippen LogP contribution in [0.15, 0.2) is 48.5 Å². The van der Waals surface area contributed by atoms with E-state index in [-0.39, 0.29) is 24.3 Å². The molecule has 5 nitrogen and oxygen atoms in total. The highest BCUT2D eigenvalue weighted by atomic mass is 35.5. The molecule has 1 heterocycles. The van der Waals surface area contributed by atoms with Gasteiger partial charge in [0.05, 0.1) is 10.0 Å². The third-order valence-corrected chi connectivity index (χ3v) is 5.65. The van der Waals surface area contributed by atoms with Gasteiger partial charge in [-0.05, 0) is 60.7 Å². The van der Waals surface area contributed by atoms with Gasteiger partial charge in [-0.3, -0.25) is 9.59 Å². The van der Waals surface area contributed by atoms with Crippen LogP contribution in [0.5, 0.6) is 0 Å². The average Bonchev–Trinajstić information content (AvgIpc) is 2.74. The van der Waals surface area contributed by atoms with E-state index in [4.69, 9.17) is 23.2 Å². The average molecular weight is 433 g/mol. The summed E-state index contributed by atoms with van der Waals surface area (Å²) in [4.78, 5) is 26.7. The Morgan fingerprint density at radius 3 is 2.55 bits per heavy atom. The van der Waals surface area contributed by atoms with Crippen molar-refractivity contribution in [3.63, 3.8) is 0 Å². The van der Waals surface area contributed by atoms with Gasteiger partial charge in [-0.25, -0.2) is 0 Å². The number of aliphatic hydroxyl groups is 1. The van der Waals surface area contributed by atoms with Crippen LogP contribution in [0.2, 0.25) is 10.0 Å². The molecule has 1 aliphatic rings. The minimum atomic E-state index is -0.315. The van der Waals surface area contributed by atoms with Crippen LogP contribution in [0, 0.1) is 5.92 Å². The number of anilines is 1. The molecule has 2 aromatic rings.